The van der Waals surface area contributed by atoms with E-state index in [4.69, 9.17) is 37.9 Å². The summed E-state index contributed by atoms with van der Waals surface area (Å²) in [7, 11) is 0. The summed E-state index contributed by atoms with van der Waals surface area (Å²) in [5.74, 6) is 2.61. The zero-order valence-corrected chi connectivity index (χ0v) is 36.5. The highest BCUT2D eigenvalue weighted by atomic mass is 16.8. The quantitative estimate of drug-likeness (QED) is 0.168. The smallest absolute Gasteiger partial charge is 0.187 e. The van der Waals surface area contributed by atoms with E-state index in [9.17, 15) is 40.9 Å². The molecule has 22 unspecified atom stereocenters. The van der Waals surface area contributed by atoms with Gasteiger partial charge in [-0.15, -0.1) is 0 Å². The molecule has 5 aliphatic heterocycles. The molecule has 26 atom stereocenters. The molecule has 9 rings (SSSR count). The third kappa shape index (κ3) is 7.42. The van der Waals surface area contributed by atoms with Crippen molar-refractivity contribution in [3.63, 3.8) is 0 Å². The van der Waals surface area contributed by atoms with Gasteiger partial charge in [-0.1, -0.05) is 39.3 Å². The first-order valence-electron chi connectivity index (χ1n) is 23.2. The average Bonchev–Trinajstić information content (AvgIpc) is 3.69. The number of hydrogen-bond acceptors (Lipinski definition) is 16. The van der Waals surface area contributed by atoms with E-state index in [-0.39, 0.29) is 23.0 Å². The van der Waals surface area contributed by atoms with Crippen molar-refractivity contribution < 1.29 is 78.7 Å². The highest BCUT2D eigenvalue weighted by Gasteiger charge is 2.69. The largest absolute Gasteiger partial charge is 0.394 e. The Kier molecular flexibility index (Phi) is 12.4. The lowest BCUT2D eigenvalue weighted by molar-refractivity contribution is -0.393. The molecule has 1 spiro atoms. The van der Waals surface area contributed by atoms with Gasteiger partial charge in [0.2, 0.25) is 0 Å². The van der Waals surface area contributed by atoms with Crippen molar-refractivity contribution in [1.82, 2.24) is 0 Å². The molecule has 8 N–H and O–H groups in total. The van der Waals surface area contributed by atoms with Gasteiger partial charge in [0.15, 0.2) is 24.7 Å². The first-order valence-corrected chi connectivity index (χ1v) is 23.2. The Morgan fingerprint density at radius 1 is 0.689 bits per heavy atom. The van der Waals surface area contributed by atoms with Gasteiger partial charge in [0.1, 0.15) is 61.0 Å². The zero-order valence-electron chi connectivity index (χ0n) is 36.5. The van der Waals surface area contributed by atoms with E-state index in [1.54, 1.807) is 0 Å². The Labute approximate surface area is 358 Å². The molecule has 8 fully saturated rings. The maximum atomic E-state index is 11.6. The molecular weight excluding hydrogens is 796 g/mol. The Bertz CT molecular complexity index is 1590. The van der Waals surface area contributed by atoms with Crippen molar-refractivity contribution in [2.75, 3.05) is 13.2 Å². The summed E-state index contributed by atoms with van der Waals surface area (Å²) in [6.07, 6.45) is -10.6. The number of rotatable bonds is 7. The van der Waals surface area contributed by atoms with Gasteiger partial charge in [0.25, 0.3) is 0 Å². The van der Waals surface area contributed by atoms with E-state index in [1.807, 2.05) is 0 Å². The number of ether oxygens (including phenoxy) is 8. The minimum absolute atomic E-state index is 0.0272. The van der Waals surface area contributed by atoms with E-state index in [0.29, 0.717) is 48.3 Å². The highest BCUT2D eigenvalue weighted by Crippen LogP contribution is 2.70. The van der Waals surface area contributed by atoms with Gasteiger partial charge >= 0.3 is 0 Å². The second kappa shape index (κ2) is 16.8. The lowest BCUT2D eigenvalue weighted by atomic mass is 9.47. The summed E-state index contributed by atoms with van der Waals surface area (Å²) in [5.41, 5.74) is 1.51. The van der Waals surface area contributed by atoms with Crippen molar-refractivity contribution in [2.24, 2.45) is 46.3 Å². The molecule has 0 aromatic carbocycles. The Morgan fingerprint density at radius 3 is 1.97 bits per heavy atom. The van der Waals surface area contributed by atoms with Crippen LogP contribution < -0.4 is 0 Å². The van der Waals surface area contributed by atoms with Crippen LogP contribution in [0.1, 0.15) is 99.3 Å². The minimum Gasteiger partial charge on any atom is -0.394 e. The monoisotopic (exact) mass is 868 g/mol. The van der Waals surface area contributed by atoms with Crippen molar-refractivity contribution in [1.29, 1.82) is 0 Å². The van der Waals surface area contributed by atoms with Crippen molar-refractivity contribution in [2.45, 2.75) is 209 Å². The second-order valence-corrected chi connectivity index (χ2v) is 21.1. The third-order valence-electron chi connectivity index (χ3n) is 17.6. The van der Waals surface area contributed by atoms with Crippen LogP contribution in [0.25, 0.3) is 0 Å². The summed E-state index contributed by atoms with van der Waals surface area (Å²) >= 11 is 0. The second-order valence-electron chi connectivity index (χ2n) is 21.1. The van der Waals surface area contributed by atoms with Crippen LogP contribution in [0.15, 0.2) is 11.6 Å². The van der Waals surface area contributed by atoms with Gasteiger partial charge in [-0.3, -0.25) is 0 Å². The fourth-order valence-electron chi connectivity index (χ4n) is 14.0. The Hall–Kier alpha value is -0.900. The first kappa shape index (κ1) is 45.3. The fraction of sp³-hybridized carbons (Fsp3) is 0.956. The molecule has 3 saturated carbocycles. The lowest BCUT2D eigenvalue weighted by Crippen LogP contribution is -2.67. The topological polar surface area (TPSA) is 236 Å². The summed E-state index contributed by atoms with van der Waals surface area (Å²) in [6.45, 7) is 12.7. The molecule has 0 aromatic rings. The molecule has 9 aliphatic rings. The zero-order chi connectivity index (χ0) is 43.5. The molecule has 0 radical (unpaired) electrons. The number of fused-ring (bicyclic) bond motifs is 7. The minimum atomic E-state index is -1.73. The molecule has 0 bridgehead atoms. The van der Waals surface area contributed by atoms with Gasteiger partial charge in [-0.2, -0.15) is 0 Å². The van der Waals surface area contributed by atoms with Crippen molar-refractivity contribution >= 4 is 0 Å². The number of hydrogen-bond donors (Lipinski definition) is 8. The summed E-state index contributed by atoms with van der Waals surface area (Å²) < 4.78 is 50.5. The molecule has 16 nitrogen and oxygen atoms in total. The van der Waals surface area contributed by atoms with Crippen LogP contribution in [0.3, 0.4) is 0 Å². The van der Waals surface area contributed by atoms with Gasteiger partial charge in [0.05, 0.1) is 37.6 Å². The van der Waals surface area contributed by atoms with Gasteiger partial charge in [0, 0.05) is 12.3 Å². The molecular formula is C45H72O16. The van der Waals surface area contributed by atoms with Crippen molar-refractivity contribution in [3.8, 4) is 0 Å². The fourth-order valence-corrected chi connectivity index (χ4v) is 14.0. The number of aliphatic hydroxyl groups excluding tert-OH is 8. The van der Waals surface area contributed by atoms with Gasteiger partial charge < -0.3 is 78.7 Å². The normalized spacial score (nSPS) is 58.4. The average molecular weight is 869 g/mol. The lowest BCUT2D eigenvalue weighted by Gasteiger charge is -2.59. The van der Waals surface area contributed by atoms with Crippen LogP contribution in [0.2, 0.25) is 0 Å². The molecule has 5 heterocycles. The maximum absolute atomic E-state index is 11.6. The maximum Gasteiger partial charge on any atom is 0.187 e. The van der Waals surface area contributed by atoms with Crippen LogP contribution >= 0.6 is 0 Å². The van der Waals surface area contributed by atoms with E-state index in [1.165, 1.54) is 19.4 Å². The van der Waals surface area contributed by atoms with Crippen LogP contribution in [0, 0.1) is 46.3 Å². The molecule has 0 aromatic heterocycles. The first-order chi connectivity index (χ1) is 28.9. The van der Waals surface area contributed by atoms with E-state index in [2.05, 4.69) is 33.8 Å². The molecule has 0 amide bonds. The van der Waals surface area contributed by atoms with E-state index >= 15 is 0 Å². The van der Waals surface area contributed by atoms with Crippen LogP contribution in [-0.2, 0) is 37.9 Å². The predicted octanol–water partition coefficient (Wildman–Crippen LogP) is 1.24. The standard InChI is InChI=1S/C45H72O16/c1-19-9-14-45(54-18-19)20(2)30-28(61-45)16-27-25-8-7-23-15-24(10-12-43(23,5)26(25)11-13-44(27,30)6)57-42-39(60-41-37(53)35(51)32(48)22(4)56-41)38(33(49)29(17-46)58-42)59-40-36(52)34(50)31(47)21(3)55-40/h7,19-22,24-42,46-53H,8-18H2,1-6H3/t19-,20?,21?,22?,24+,25?,26?,27?,28?,29?,30?,31?,32?,33?,34?,35?,36?,37?,38?,39?,40?,41?,42?,43+,44+,45?/m1/s1. The molecule has 5 saturated heterocycles. The van der Waals surface area contributed by atoms with Gasteiger partial charge in [-0.05, 0) is 106 Å². The predicted molar refractivity (Wildman–Crippen MR) is 213 cm³/mol. The Balaban J connectivity index is 0.937. The Morgan fingerprint density at radius 2 is 1.34 bits per heavy atom. The molecule has 4 aliphatic carbocycles. The number of allylic oxidation sites excluding steroid dienone is 1. The highest BCUT2D eigenvalue weighted by molar-refractivity contribution is 5.26. The molecule has 61 heavy (non-hydrogen) atoms. The van der Waals surface area contributed by atoms with Gasteiger partial charge in [-0.25, -0.2) is 0 Å². The van der Waals surface area contributed by atoms with Crippen molar-refractivity contribution in [3.05, 3.63) is 11.6 Å². The van der Waals surface area contributed by atoms with Crippen LogP contribution in [-0.4, -0.2) is 164 Å². The third-order valence-corrected chi connectivity index (χ3v) is 17.6. The van der Waals surface area contributed by atoms with Crippen LogP contribution in [0.4, 0.5) is 0 Å². The summed E-state index contributed by atoms with van der Waals surface area (Å²) in [6, 6.07) is 0. The SMILES string of the molecule is CC1OC(OC2C(O[C@H]3CC[C@@]4(C)C(=CCC5C6CC7OC8(CC[C@@H](C)CO8)C(C)C7[C@@]6(C)CCC54)C3)OC(CO)C(O)C2OC2OC(C)C(O)C(O)C2O)C(O)C(O)C1O. The van der Waals surface area contributed by atoms with E-state index < -0.39 is 105 Å². The number of aliphatic hydroxyl groups is 8. The summed E-state index contributed by atoms with van der Waals surface area (Å²) in [5, 5.41) is 85.9. The summed E-state index contributed by atoms with van der Waals surface area (Å²) in [4.78, 5) is 0. The molecule has 348 valence electrons. The van der Waals surface area contributed by atoms with Crippen LogP contribution in [0.5, 0.6) is 0 Å². The van der Waals surface area contributed by atoms with E-state index in [0.717, 1.165) is 51.6 Å². The molecule has 16 heteroatoms.